The van der Waals surface area contributed by atoms with Crippen molar-refractivity contribution in [2.75, 3.05) is 20.2 Å². The summed E-state index contributed by atoms with van der Waals surface area (Å²) >= 11 is 0. The molecule has 0 radical (unpaired) electrons. The van der Waals surface area contributed by atoms with Crippen LogP contribution in [0.3, 0.4) is 0 Å². The fraction of sp³-hybridized carbons (Fsp3) is 0.423. The van der Waals surface area contributed by atoms with Gasteiger partial charge in [0.05, 0.1) is 35.1 Å². The second-order valence-corrected chi connectivity index (χ2v) is 11.5. The molecule has 1 saturated heterocycles. The SMILES string of the molecule is CC[C@@]1(OP(=O)(O)N2CCCC(OC)C2)C(=O)OCc2c1cc1n(c2=O)Cc2cc3ccccc3nc2-1. The number of carbonyl (C=O) groups is 1. The largest absolute Gasteiger partial charge is 0.458 e. The maximum atomic E-state index is 13.7. The molecule has 0 saturated carbocycles. The van der Waals surface area contributed by atoms with E-state index in [1.807, 2.05) is 30.3 Å². The number of carbonyl (C=O) groups excluding carboxylic acids is 1. The number of aromatic nitrogens is 2. The molecule has 11 heteroatoms. The van der Waals surface area contributed by atoms with E-state index >= 15 is 0 Å². The van der Waals surface area contributed by atoms with E-state index in [9.17, 15) is 19.0 Å². The molecule has 1 N–H and O–H groups in total. The van der Waals surface area contributed by atoms with Crippen LogP contribution in [0.4, 0.5) is 0 Å². The monoisotopic (exact) mass is 525 g/mol. The molecule has 1 aromatic carbocycles. The van der Waals surface area contributed by atoms with Crippen LogP contribution in [-0.4, -0.2) is 51.4 Å². The first kappa shape index (κ1) is 24.5. The van der Waals surface area contributed by atoms with Gasteiger partial charge in [0.15, 0.2) is 0 Å². The maximum absolute atomic E-state index is 13.7. The van der Waals surface area contributed by atoms with E-state index in [1.165, 1.54) is 4.67 Å². The van der Waals surface area contributed by atoms with Crippen molar-refractivity contribution in [2.45, 2.75) is 51.0 Å². The fourth-order valence-electron chi connectivity index (χ4n) is 5.67. The molecule has 0 spiro atoms. The fourth-order valence-corrected chi connectivity index (χ4v) is 7.27. The maximum Gasteiger partial charge on any atom is 0.407 e. The summed E-state index contributed by atoms with van der Waals surface area (Å²) in [6.07, 6.45) is 1.20. The van der Waals surface area contributed by atoms with E-state index in [-0.39, 0.29) is 42.4 Å². The minimum atomic E-state index is -4.47. The number of rotatable bonds is 5. The number of hydrogen-bond donors (Lipinski definition) is 1. The van der Waals surface area contributed by atoms with E-state index in [2.05, 4.69) is 0 Å². The van der Waals surface area contributed by atoms with Gasteiger partial charge in [-0.2, -0.15) is 0 Å². The summed E-state index contributed by atoms with van der Waals surface area (Å²) in [7, 11) is -2.91. The van der Waals surface area contributed by atoms with Crippen molar-refractivity contribution in [2.24, 2.45) is 0 Å². The molecular weight excluding hydrogens is 497 g/mol. The molecule has 5 heterocycles. The molecule has 10 nitrogen and oxygen atoms in total. The molecule has 2 unspecified atom stereocenters. The van der Waals surface area contributed by atoms with Crippen molar-refractivity contribution < 1.29 is 28.3 Å². The van der Waals surface area contributed by atoms with Crippen LogP contribution in [0.25, 0.3) is 22.3 Å². The Morgan fingerprint density at radius 3 is 2.86 bits per heavy atom. The minimum Gasteiger partial charge on any atom is -0.458 e. The highest BCUT2D eigenvalue weighted by Crippen LogP contribution is 2.56. The molecule has 37 heavy (non-hydrogen) atoms. The molecule has 0 aliphatic carbocycles. The first-order chi connectivity index (χ1) is 17.8. The molecule has 3 atom stereocenters. The number of para-hydroxylation sites is 1. The topological polar surface area (TPSA) is 120 Å². The summed E-state index contributed by atoms with van der Waals surface area (Å²) in [5.41, 5.74) is 1.14. The Balaban J connectivity index is 1.48. The van der Waals surface area contributed by atoms with E-state index in [4.69, 9.17) is 19.0 Å². The predicted octanol–water partition coefficient (Wildman–Crippen LogP) is 3.32. The predicted molar refractivity (Wildman–Crippen MR) is 135 cm³/mol. The number of piperidine rings is 1. The van der Waals surface area contributed by atoms with Crippen LogP contribution in [0.2, 0.25) is 0 Å². The average Bonchev–Trinajstić information content (AvgIpc) is 3.27. The summed E-state index contributed by atoms with van der Waals surface area (Å²) < 4.78 is 33.2. The Bertz CT molecular complexity index is 1540. The molecular formula is C26H28N3O7P. The van der Waals surface area contributed by atoms with Crippen LogP contribution in [-0.2, 0) is 42.1 Å². The lowest BCUT2D eigenvalue weighted by atomic mass is 9.86. The number of benzene rings is 1. The van der Waals surface area contributed by atoms with Crippen LogP contribution in [0.5, 0.6) is 0 Å². The Morgan fingerprint density at radius 1 is 1.27 bits per heavy atom. The van der Waals surface area contributed by atoms with Crippen LogP contribution in [0, 0.1) is 0 Å². The molecule has 0 bridgehead atoms. The zero-order valence-electron chi connectivity index (χ0n) is 20.7. The van der Waals surface area contributed by atoms with Gasteiger partial charge >= 0.3 is 13.7 Å². The number of nitrogens with zero attached hydrogens (tertiary/aromatic N) is 3. The molecule has 3 aliphatic heterocycles. The van der Waals surface area contributed by atoms with Crippen LogP contribution >= 0.6 is 7.75 Å². The second-order valence-electron chi connectivity index (χ2n) is 9.75. The van der Waals surface area contributed by atoms with Gasteiger partial charge in [-0.1, -0.05) is 25.1 Å². The zero-order valence-corrected chi connectivity index (χ0v) is 21.6. The van der Waals surface area contributed by atoms with E-state index < -0.39 is 19.3 Å². The van der Waals surface area contributed by atoms with Gasteiger partial charge in [-0.05, 0) is 37.5 Å². The van der Waals surface area contributed by atoms with Gasteiger partial charge in [-0.15, -0.1) is 0 Å². The average molecular weight is 525 g/mol. The lowest BCUT2D eigenvalue weighted by Gasteiger charge is -2.40. The first-order valence-corrected chi connectivity index (χ1v) is 14.0. The lowest BCUT2D eigenvalue weighted by molar-refractivity contribution is -0.170. The molecule has 1 fully saturated rings. The summed E-state index contributed by atoms with van der Waals surface area (Å²) in [4.78, 5) is 42.8. The Labute approximate surface area is 213 Å². The lowest BCUT2D eigenvalue weighted by Crippen LogP contribution is -2.47. The number of hydrogen-bond acceptors (Lipinski definition) is 7. The standard InChI is InChI=1S/C26H28N3O7P/c1-3-26(36-37(32,33)28-10-6-8-18(14-28)34-2)20-12-22-23-17(11-16-7-4-5-9-21(16)27-23)13-29(22)24(30)19(20)15-35-25(26)31/h4-5,7,9,11-12,18H,3,6,8,10,13-15H2,1-2H3,(H,32,33)/t18?,26-/m0/s1. The Morgan fingerprint density at radius 2 is 2.08 bits per heavy atom. The van der Waals surface area contributed by atoms with E-state index in [0.717, 1.165) is 22.9 Å². The number of fused-ring (bicyclic) bond motifs is 5. The highest BCUT2D eigenvalue weighted by molar-refractivity contribution is 7.50. The summed E-state index contributed by atoms with van der Waals surface area (Å²) in [6, 6.07) is 11.4. The van der Waals surface area contributed by atoms with Gasteiger partial charge in [0.25, 0.3) is 5.56 Å². The summed E-state index contributed by atoms with van der Waals surface area (Å²) in [5, 5.41) is 0.966. The molecule has 2 aromatic heterocycles. The quantitative estimate of drug-likeness (QED) is 0.309. The van der Waals surface area contributed by atoms with Gasteiger partial charge in [0.1, 0.15) is 6.61 Å². The zero-order chi connectivity index (χ0) is 25.9. The van der Waals surface area contributed by atoms with E-state index in [0.29, 0.717) is 30.9 Å². The summed E-state index contributed by atoms with van der Waals surface area (Å²) in [6.45, 7) is 2.31. The second kappa shape index (κ2) is 8.85. The van der Waals surface area contributed by atoms with Gasteiger partial charge in [0.2, 0.25) is 5.60 Å². The van der Waals surface area contributed by atoms with E-state index in [1.54, 1.807) is 24.7 Å². The van der Waals surface area contributed by atoms with Gasteiger partial charge in [-0.25, -0.2) is 19.0 Å². The van der Waals surface area contributed by atoms with Crippen molar-refractivity contribution in [1.82, 2.24) is 14.2 Å². The molecule has 3 aliphatic rings. The number of esters is 1. The van der Waals surface area contributed by atoms with Gasteiger partial charge in [-0.3, -0.25) is 9.32 Å². The number of pyridine rings is 2. The van der Waals surface area contributed by atoms with Crippen LogP contribution < -0.4 is 5.56 Å². The number of ether oxygens (including phenoxy) is 2. The highest BCUT2D eigenvalue weighted by atomic mass is 31.2. The Kier molecular flexibility index (Phi) is 5.85. The number of methoxy groups -OCH3 is 1. The third-order valence-corrected chi connectivity index (χ3v) is 9.33. The first-order valence-electron chi connectivity index (χ1n) is 12.4. The highest BCUT2D eigenvalue weighted by Gasteiger charge is 2.53. The third-order valence-electron chi connectivity index (χ3n) is 7.71. The van der Waals surface area contributed by atoms with Crippen molar-refractivity contribution in [3.8, 4) is 11.4 Å². The van der Waals surface area contributed by atoms with Crippen molar-refractivity contribution in [3.63, 3.8) is 0 Å². The smallest absolute Gasteiger partial charge is 0.407 e. The van der Waals surface area contributed by atoms with Gasteiger partial charge in [0, 0.05) is 36.7 Å². The molecule has 0 amide bonds. The number of cyclic esters (lactones) is 1. The van der Waals surface area contributed by atoms with Gasteiger partial charge < -0.3 is 18.9 Å². The van der Waals surface area contributed by atoms with Crippen molar-refractivity contribution in [1.29, 1.82) is 0 Å². The van der Waals surface area contributed by atoms with Crippen LogP contribution in [0.1, 0.15) is 42.9 Å². The normalized spacial score (nSPS) is 24.7. The summed E-state index contributed by atoms with van der Waals surface area (Å²) in [5.74, 6) is -0.786. The van der Waals surface area contributed by atoms with Crippen molar-refractivity contribution >= 4 is 24.6 Å². The molecule has 194 valence electrons. The molecule has 3 aromatic rings. The molecule has 6 rings (SSSR count). The Hall–Kier alpha value is -2.88. The minimum absolute atomic E-state index is 0.00578. The van der Waals surface area contributed by atoms with Crippen LogP contribution in [0.15, 0.2) is 41.2 Å². The third kappa shape index (κ3) is 3.78. The van der Waals surface area contributed by atoms with Crippen molar-refractivity contribution in [3.05, 3.63) is 63.4 Å².